The lowest BCUT2D eigenvalue weighted by Crippen LogP contribution is -2.39. The quantitative estimate of drug-likeness (QED) is 0.541. The standard InChI is InChI=1S/C11H22NO5P/c12-10(7-11(13)14)9-4-2-1-3-8(9)5-6-18(15,16)17/h8-10H,1-7,12H2,(H,13,14)(H2,15,16,17). The Labute approximate surface area is 107 Å². The molecule has 0 spiro atoms. The Morgan fingerprint density at radius 2 is 1.94 bits per heavy atom. The van der Waals surface area contributed by atoms with Crippen molar-refractivity contribution in [2.75, 3.05) is 6.16 Å². The van der Waals surface area contributed by atoms with Crippen molar-refractivity contribution in [3.05, 3.63) is 0 Å². The highest BCUT2D eigenvalue weighted by molar-refractivity contribution is 7.51. The number of rotatable bonds is 6. The van der Waals surface area contributed by atoms with E-state index in [1.165, 1.54) is 0 Å². The van der Waals surface area contributed by atoms with E-state index >= 15 is 0 Å². The number of hydrogen-bond acceptors (Lipinski definition) is 3. The molecule has 1 fully saturated rings. The summed E-state index contributed by atoms with van der Waals surface area (Å²) in [6.45, 7) is 0. The van der Waals surface area contributed by atoms with Crippen molar-refractivity contribution >= 4 is 13.6 Å². The van der Waals surface area contributed by atoms with E-state index < -0.39 is 19.6 Å². The maximum atomic E-state index is 10.9. The molecular formula is C11H22NO5P. The van der Waals surface area contributed by atoms with E-state index in [1.54, 1.807) is 0 Å². The maximum Gasteiger partial charge on any atom is 0.325 e. The molecule has 0 amide bonds. The van der Waals surface area contributed by atoms with Crippen LogP contribution in [0.5, 0.6) is 0 Å². The second kappa shape index (κ2) is 6.66. The topological polar surface area (TPSA) is 121 Å². The van der Waals surface area contributed by atoms with Gasteiger partial charge in [-0.05, 0) is 24.7 Å². The average molecular weight is 279 g/mol. The van der Waals surface area contributed by atoms with Crippen molar-refractivity contribution in [3.63, 3.8) is 0 Å². The SMILES string of the molecule is NC(CC(=O)O)C1CCCCC1CCP(=O)(O)O. The summed E-state index contributed by atoms with van der Waals surface area (Å²) in [5.41, 5.74) is 5.90. The Kier molecular flexibility index (Phi) is 5.79. The third kappa shape index (κ3) is 5.48. The minimum Gasteiger partial charge on any atom is -0.481 e. The lowest BCUT2D eigenvalue weighted by Gasteiger charge is -2.35. The summed E-state index contributed by atoms with van der Waals surface area (Å²) < 4.78 is 10.9. The average Bonchev–Trinajstić information content (AvgIpc) is 2.25. The number of hydrogen-bond donors (Lipinski definition) is 4. The lowest BCUT2D eigenvalue weighted by atomic mass is 9.73. The summed E-state index contributed by atoms with van der Waals surface area (Å²) in [5.74, 6) is -0.705. The van der Waals surface area contributed by atoms with Crippen molar-refractivity contribution in [2.24, 2.45) is 17.6 Å². The molecule has 7 heteroatoms. The van der Waals surface area contributed by atoms with Crippen LogP contribution in [0.3, 0.4) is 0 Å². The zero-order valence-corrected chi connectivity index (χ0v) is 11.3. The summed E-state index contributed by atoms with van der Waals surface area (Å²) in [7, 11) is -3.97. The molecule has 0 aromatic carbocycles. The minimum absolute atomic E-state index is 0.0707. The molecule has 0 radical (unpaired) electrons. The molecule has 1 saturated carbocycles. The number of carboxylic acids is 1. The normalized spacial score (nSPS) is 26.8. The van der Waals surface area contributed by atoms with Gasteiger partial charge in [0.2, 0.25) is 0 Å². The van der Waals surface area contributed by atoms with Crippen molar-refractivity contribution in [2.45, 2.75) is 44.6 Å². The highest BCUT2D eigenvalue weighted by atomic mass is 31.2. The predicted molar refractivity (Wildman–Crippen MR) is 67.2 cm³/mol. The van der Waals surface area contributed by atoms with Gasteiger partial charge in [0.15, 0.2) is 0 Å². The molecule has 0 aliphatic heterocycles. The molecular weight excluding hydrogens is 257 g/mol. The Morgan fingerprint density at radius 1 is 1.33 bits per heavy atom. The zero-order valence-electron chi connectivity index (χ0n) is 10.4. The molecule has 1 rings (SSSR count). The second-order valence-electron chi connectivity index (χ2n) is 5.15. The maximum absolute atomic E-state index is 10.9. The molecule has 18 heavy (non-hydrogen) atoms. The van der Waals surface area contributed by atoms with Gasteiger partial charge in [-0.2, -0.15) is 0 Å². The molecule has 0 bridgehead atoms. The zero-order chi connectivity index (χ0) is 13.8. The smallest absolute Gasteiger partial charge is 0.325 e. The van der Waals surface area contributed by atoms with E-state index in [1.807, 2.05) is 0 Å². The Morgan fingerprint density at radius 3 is 2.50 bits per heavy atom. The van der Waals surface area contributed by atoms with Crippen molar-refractivity contribution in [3.8, 4) is 0 Å². The highest BCUT2D eigenvalue weighted by Gasteiger charge is 2.32. The van der Waals surface area contributed by atoms with Gasteiger partial charge >= 0.3 is 13.6 Å². The molecule has 0 aromatic rings. The number of aliphatic carboxylic acids is 1. The van der Waals surface area contributed by atoms with Gasteiger partial charge < -0.3 is 20.6 Å². The Bertz CT molecular complexity index is 329. The largest absolute Gasteiger partial charge is 0.481 e. The summed E-state index contributed by atoms with van der Waals surface area (Å²) >= 11 is 0. The fourth-order valence-corrected chi connectivity index (χ4v) is 3.51. The molecule has 1 aliphatic carbocycles. The van der Waals surface area contributed by atoms with Crippen LogP contribution in [0.15, 0.2) is 0 Å². The van der Waals surface area contributed by atoms with E-state index in [-0.39, 0.29) is 24.4 Å². The molecule has 0 aromatic heterocycles. The lowest BCUT2D eigenvalue weighted by molar-refractivity contribution is -0.137. The first kappa shape index (κ1) is 15.6. The van der Waals surface area contributed by atoms with Gasteiger partial charge in [0.1, 0.15) is 0 Å². The third-order valence-corrected chi connectivity index (χ3v) is 4.56. The van der Waals surface area contributed by atoms with Crippen LogP contribution in [0.2, 0.25) is 0 Å². The van der Waals surface area contributed by atoms with Gasteiger partial charge in [0.05, 0.1) is 12.6 Å². The predicted octanol–water partition coefficient (Wildman–Crippen LogP) is 1.16. The minimum atomic E-state index is -3.97. The van der Waals surface area contributed by atoms with E-state index in [0.29, 0.717) is 6.42 Å². The van der Waals surface area contributed by atoms with Crippen LogP contribution in [0, 0.1) is 11.8 Å². The van der Waals surface area contributed by atoms with Crippen LogP contribution in [-0.4, -0.2) is 33.1 Å². The molecule has 106 valence electrons. The summed E-state index contributed by atoms with van der Waals surface area (Å²) in [4.78, 5) is 28.5. The fraction of sp³-hybridized carbons (Fsp3) is 0.909. The summed E-state index contributed by atoms with van der Waals surface area (Å²) in [6, 6.07) is -0.412. The Hall–Kier alpha value is -0.420. The first-order valence-corrected chi connectivity index (χ1v) is 8.11. The van der Waals surface area contributed by atoms with E-state index in [4.69, 9.17) is 20.6 Å². The van der Waals surface area contributed by atoms with Crippen LogP contribution in [0.4, 0.5) is 0 Å². The van der Waals surface area contributed by atoms with E-state index in [2.05, 4.69) is 0 Å². The molecule has 0 saturated heterocycles. The Balaban J connectivity index is 2.56. The molecule has 3 atom stereocenters. The van der Waals surface area contributed by atoms with Gasteiger partial charge in [-0.25, -0.2) is 0 Å². The third-order valence-electron chi connectivity index (χ3n) is 3.72. The molecule has 3 unspecified atom stereocenters. The highest BCUT2D eigenvalue weighted by Crippen LogP contribution is 2.41. The van der Waals surface area contributed by atoms with Crippen LogP contribution < -0.4 is 5.73 Å². The van der Waals surface area contributed by atoms with Crippen molar-refractivity contribution in [1.82, 2.24) is 0 Å². The van der Waals surface area contributed by atoms with Crippen molar-refractivity contribution in [1.29, 1.82) is 0 Å². The molecule has 1 aliphatic rings. The second-order valence-corrected chi connectivity index (χ2v) is 6.92. The van der Waals surface area contributed by atoms with Gasteiger partial charge in [0, 0.05) is 6.04 Å². The van der Waals surface area contributed by atoms with Crippen LogP contribution in [-0.2, 0) is 9.36 Å². The monoisotopic (exact) mass is 279 g/mol. The van der Waals surface area contributed by atoms with Crippen LogP contribution in [0.25, 0.3) is 0 Å². The van der Waals surface area contributed by atoms with Gasteiger partial charge in [0.25, 0.3) is 0 Å². The van der Waals surface area contributed by atoms with Gasteiger partial charge in [-0.1, -0.05) is 19.3 Å². The van der Waals surface area contributed by atoms with E-state index in [0.717, 1.165) is 25.7 Å². The molecule has 6 nitrogen and oxygen atoms in total. The van der Waals surface area contributed by atoms with Crippen molar-refractivity contribution < 1.29 is 24.3 Å². The number of carboxylic acid groups (broad SMARTS) is 1. The van der Waals surface area contributed by atoms with Gasteiger partial charge in [-0.3, -0.25) is 9.36 Å². The first-order valence-electron chi connectivity index (χ1n) is 6.31. The van der Waals surface area contributed by atoms with Gasteiger partial charge in [-0.15, -0.1) is 0 Å². The fourth-order valence-electron chi connectivity index (χ4n) is 2.85. The molecule has 0 heterocycles. The number of carbonyl (C=O) groups is 1. The van der Waals surface area contributed by atoms with E-state index in [9.17, 15) is 9.36 Å². The number of nitrogens with two attached hydrogens (primary N) is 1. The first-order chi connectivity index (χ1) is 8.29. The van der Waals surface area contributed by atoms with Crippen LogP contribution >= 0.6 is 7.60 Å². The molecule has 5 N–H and O–H groups in total. The van der Waals surface area contributed by atoms with Crippen LogP contribution in [0.1, 0.15) is 38.5 Å². The summed E-state index contributed by atoms with van der Waals surface area (Å²) in [5, 5.41) is 8.76. The summed E-state index contributed by atoms with van der Waals surface area (Å²) in [6.07, 6.45) is 4.03.